The minimum absolute atomic E-state index is 0.0324. The number of phenolic OH excluding ortho intramolecular Hbond substituents is 1. The first-order chi connectivity index (χ1) is 26.6. The normalized spacial score (nSPS) is 16.3. The summed E-state index contributed by atoms with van der Waals surface area (Å²) in [5.41, 5.74) is 7.98. The Labute approximate surface area is 310 Å². The largest absolute Gasteiger partial charge is 0.508 e. The number of aromatic amines is 2. The molecule has 11 heteroatoms. The second-order valence-corrected chi connectivity index (χ2v) is 13.0. The number of aromatic nitrogens is 4. The Morgan fingerprint density at radius 1 is 0.400 bits per heavy atom. The van der Waals surface area contributed by atoms with E-state index >= 15 is 0 Å². The van der Waals surface area contributed by atoms with E-state index in [0.29, 0.717) is 89.4 Å². The van der Waals surface area contributed by atoms with Gasteiger partial charge in [0.25, 0.3) is 0 Å². The number of nitrogens with one attached hydrogen (secondary N) is 2. The van der Waals surface area contributed by atoms with Crippen molar-refractivity contribution in [1.29, 1.82) is 0 Å². The molecule has 11 nitrogen and oxygen atoms in total. The summed E-state index contributed by atoms with van der Waals surface area (Å²) in [6.07, 6.45) is 19.1. The molecule has 0 fully saturated rings. The monoisotopic (exact) mass is 720 g/mol. The highest BCUT2D eigenvalue weighted by Gasteiger charge is 2.24. The SMILES string of the molecule is O=C1C=CC(c2c3nc(c(C4=CC(=O)C(=O)C=C4)c4ccc([nH]4)c(-c4cccc(O)c4)c4nc(c(C5=CC(=O)C(=O)C=C5)c5ccc2[nH]5)C=C4)C=C3)=CC1=O. The van der Waals surface area contributed by atoms with Crippen LogP contribution in [0.25, 0.3) is 74.2 Å². The average Bonchev–Trinajstić information content (AvgIpc) is 4.00. The van der Waals surface area contributed by atoms with Gasteiger partial charge in [0.15, 0.2) is 0 Å². The number of aromatic hydroxyl groups is 1. The topological polar surface area (TPSA) is 180 Å². The number of nitrogens with zero attached hydrogens (tertiary/aromatic N) is 2. The van der Waals surface area contributed by atoms with Crippen LogP contribution in [0.15, 0.2) is 103 Å². The molecule has 0 unspecified atom stereocenters. The number of hydrogen-bond donors (Lipinski definition) is 3. The van der Waals surface area contributed by atoms with Crippen molar-refractivity contribution in [3.05, 3.63) is 143 Å². The van der Waals surface area contributed by atoms with Crippen molar-refractivity contribution in [3.8, 4) is 16.9 Å². The molecule has 0 saturated carbocycles. The number of H-pyrrole nitrogens is 2. The van der Waals surface area contributed by atoms with Crippen LogP contribution >= 0.6 is 0 Å². The average molecular weight is 721 g/mol. The van der Waals surface area contributed by atoms with Gasteiger partial charge in [-0.15, -0.1) is 0 Å². The fourth-order valence-electron chi connectivity index (χ4n) is 7.07. The first kappa shape index (κ1) is 33.0. The summed E-state index contributed by atoms with van der Waals surface area (Å²) in [6, 6.07) is 13.9. The molecular weight excluding hydrogens is 697 g/mol. The number of phenols is 1. The minimum atomic E-state index is -0.706. The van der Waals surface area contributed by atoms with Crippen LogP contribution in [-0.4, -0.2) is 59.7 Å². The van der Waals surface area contributed by atoms with Crippen molar-refractivity contribution in [3.63, 3.8) is 0 Å². The van der Waals surface area contributed by atoms with E-state index in [1.807, 2.05) is 18.2 Å². The summed E-state index contributed by atoms with van der Waals surface area (Å²) in [5, 5.41) is 10.5. The Morgan fingerprint density at radius 2 is 0.764 bits per heavy atom. The maximum absolute atomic E-state index is 12.7. The summed E-state index contributed by atoms with van der Waals surface area (Å²) in [5.74, 6) is -4.03. The zero-order valence-corrected chi connectivity index (χ0v) is 28.4. The van der Waals surface area contributed by atoms with Crippen molar-refractivity contribution < 1.29 is 33.9 Å². The molecule has 55 heavy (non-hydrogen) atoms. The molecule has 3 aliphatic carbocycles. The third kappa shape index (κ3) is 5.72. The van der Waals surface area contributed by atoms with Crippen LogP contribution in [0.2, 0.25) is 0 Å². The van der Waals surface area contributed by atoms with Gasteiger partial charge >= 0.3 is 0 Å². The van der Waals surface area contributed by atoms with E-state index in [4.69, 9.17) is 9.97 Å². The lowest BCUT2D eigenvalue weighted by Crippen LogP contribution is -2.12. The Kier molecular flexibility index (Phi) is 7.57. The van der Waals surface area contributed by atoms with Gasteiger partial charge in [0, 0.05) is 44.3 Å². The lowest BCUT2D eigenvalue weighted by molar-refractivity contribution is -0.131. The van der Waals surface area contributed by atoms with Gasteiger partial charge in [0.1, 0.15) is 5.75 Å². The number of benzene rings is 1. The summed E-state index contributed by atoms with van der Waals surface area (Å²) in [4.78, 5) is 91.8. The van der Waals surface area contributed by atoms with Crippen molar-refractivity contribution >= 4 is 97.8 Å². The van der Waals surface area contributed by atoms with Gasteiger partial charge in [0.2, 0.25) is 34.7 Å². The van der Waals surface area contributed by atoms with Crippen molar-refractivity contribution in [2.45, 2.75) is 0 Å². The summed E-state index contributed by atoms with van der Waals surface area (Å²) >= 11 is 0. The van der Waals surface area contributed by atoms with Gasteiger partial charge in [-0.3, -0.25) is 28.8 Å². The fourth-order valence-corrected chi connectivity index (χ4v) is 7.07. The van der Waals surface area contributed by atoms with E-state index in [1.54, 1.807) is 66.8 Å². The van der Waals surface area contributed by atoms with Crippen LogP contribution in [0.4, 0.5) is 0 Å². The van der Waals surface area contributed by atoms with Crippen LogP contribution in [0.3, 0.4) is 0 Å². The molecule has 2 aliphatic heterocycles. The molecule has 0 atom stereocenters. The standard InChI is InChI=1S/C44H24N4O7/c49-26-3-1-2-22(18-26)41-27-7-9-29(45-27)42(23-4-15-35(50)38(53)19-23)31-11-13-33(47-31)44(25-6-17-37(52)40(55)21-25)34-14-12-32(48-34)43(30-10-8-28(41)46-30)24-5-16-36(51)39(54)20-24/h1-21,45,48-49H. The van der Waals surface area contributed by atoms with Gasteiger partial charge in [0.05, 0.1) is 22.8 Å². The number of rotatable bonds is 4. The third-order valence-electron chi connectivity index (χ3n) is 9.59. The molecule has 0 saturated heterocycles. The lowest BCUT2D eigenvalue weighted by atomic mass is 9.97. The highest BCUT2D eigenvalue weighted by Crippen LogP contribution is 2.37. The predicted octanol–water partition coefficient (Wildman–Crippen LogP) is 6.30. The molecule has 8 bridgehead atoms. The summed E-state index contributed by atoms with van der Waals surface area (Å²) < 4.78 is 0. The maximum Gasteiger partial charge on any atom is 0.226 e. The molecule has 3 aromatic heterocycles. The Balaban J connectivity index is 1.46. The molecular formula is C44H24N4O7. The Morgan fingerprint density at radius 3 is 1.13 bits per heavy atom. The number of ketones is 6. The smallest absolute Gasteiger partial charge is 0.226 e. The Hall–Kier alpha value is -7.92. The minimum Gasteiger partial charge on any atom is -0.508 e. The second-order valence-electron chi connectivity index (χ2n) is 13.0. The quantitative estimate of drug-likeness (QED) is 0.139. The predicted molar refractivity (Wildman–Crippen MR) is 207 cm³/mol. The molecule has 0 amide bonds. The number of allylic oxidation sites excluding steroid dienone is 12. The number of carbonyl (C=O) groups is 6. The third-order valence-corrected chi connectivity index (χ3v) is 9.59. The highest BCUT2D eigenvalue weighted by molar-refractivity contribution is 6.49. The molecule has 3 N–H and O–H groups in total. The molecule has 5 heterocycles. The maximum atomic E-state index is 12.7. The second kappa shape index (κ2) is 12.6. The summed E-state index contributed by atoms with van der Waals surface area (Å²) in [6.45, 7) is 0. The molecule has 0 radical (unpaired) electrons. The van der Waals surface area contributed by atoms with Crippen LogP contribution in [-0.2, 0) is 28.8 Å². The van der Waals surface area contributed by atoms with Gasteiger partial charge in [-0.25, -0.2) is 9.97 Å². The first-order valence-corrected chi connectivity index (χ1v) is 17.0. The fraction of sp³-hybridized carbons (Fsp3) is 0. The van der Waals surface area contributed by atoms with Crippen molar-refractivity contribution in [2.24, 2.45) is 0 Å². The first-order valence-electron chi connectivity index (χ1n) is 17.0. The molecule has 1 aromatic carbocycles. The van der Waals surface area contributed by atoms with E-state index in [9.17, 15) is 33.9 Å². The van der Waals surface area contributed by atoms with Gasteiger partial charge < -0.3 is 15.1 Å². The number of carbonyl (C=O) groups excluding carboxylic acids is 6. The molecule has 5 aliphatic rings. The van der Waals surface area contributed by atoms with Crippen molar-refractivity contribution in [2.75, 3.05) is 0 Å². The molecule has 0 spiro atoms. The molecule has 4 aromatic rings. The van der Waals surface area contributed by atoms with E-state index in [2.05, 4.69) is 9.97 Å². The van der Waals surface area contributed by atoms with E-state index in [0.717, 1.165) is 0 Å². The van der Waals surface area contributed by atoms with Crippen molar-refractivity contribution in [1.82, 2.24) is 19.9 Å². The number of hydrogen-bond acceptors (Lipinski definition) is 9. The van der Waals surface area contributed by atoms with Crippen LogP contribution in [0, 0.1) is 0 Å². The lowest BCUT2D eigenvalue weighted by Gasteiger charge is -2.10. The van der Waals surface area contributed by atoms with Crippen LogP contribution < -0.4 is 0 Å². The Bertz CT molecular complexity index is 2940. The summed E-state index contributed by atoms with van der Waals surface area (Å²) in [7, 11) is 0. The van der Waals surface area contributed by atoms with E-state index < -0.39 is 34.7 Å². The number of fused-ring (bicyclic) bond motifs is 8. The zero-order chi connectivity index (χ0) is 38.0. The van der Waals surface area contributed by atoms with Crippen LogP contribution in [0.1, 0.15) is 39.5 Å². The van der Waals surface area contributed by atoms with E-state index in [-0.39, 0.29) is 5.75 Å². The van der Waals surface area contributed by atoms with Crippen LogP contribution in [0.5, 0.6) is 5.75 Å². The van der Waals surface area contributed by atoms with Gasteiger partial charge in [-0.1, -0.05) is 30.4 Å². The molecule has 262 valence electrons. The molecule has 9 rings (SSSR count). The van der Waals surface area contributed by atoms with Gasteiger partial charge in [-0.05, 0) is 119 Å². The van der Waals surface area contributed by atoms with Gasteiger partial charge in [-0.2, -0.15) is 0 Å². The zero-order valence-electron chi connectivity index (χ0n) is 28.4. The highest BCUT2D eigenvalue weighted by atomic mass is 16.3. The van der Waals surface area contributed by atoms with E-state index in [1.165, 1.54) is 42.5 Å².